The average molecular weight is 470 g/mol. The summed E-state index contributed by atoms with van der Waals surface area (Å²) >= 11 is 9.12. The molecule has 0 saturated heterocycles. The minimum atomic E-state index is 0. The van der Waals surface area contributed by atoms with Gasteiger partial charge in [0.25, 0.3) is 0 Å². The number of nitrogens with zero attached hydrogens (tertiary/aromatic N) is 1. The van der Waals surface area contributed by atoms with Crippen LogP contribution in [-0.2, 0) is 0 Å². The van der Waals surface area contributed by atoms with Crippen molar-refractivity contribution in [1.82, 2.24) is 4.90 Å². The molecule has 126 valence electrons. The molecule has 0 aliphatic rings. The monoisotopic (exact) mass is 471 g/mol. The van der Waals surface area contributed by atoms with Crippen molar-refractivity contribution in [2.24, 2.45) is 0 Å². The van der Waals surface area contributed by atoms with Gasteiger partial charge in [0.05, 0.1) is 0 Å². The molecular formula is C21H21NS2Sn. The van der Waals surface area contributed by atoms with Crippen molar-refractivity contribution < 1.29 is 0 Å². The molecule has 0 aliphatic carbocycles. The van der Waals surface area contributed by atoms with Gasteiger partial charge in [-0.25, -0.2) is 0 Å². The molecule has 8 radical (unpaired) electrons. The Labute approximate surface area is 180 Å². The molecule has 0 heterocycles. The van der Waals surface area contributed by atoms with Crippen LogP contribution in [0.4, 0.5) is 0 Å². The van der Waals surface area contributed by atoms with Crippen molar-refractivity contribution in [3.05, 3.63) is 109 Å². The van der Waals surface area contributed by atoms with Gasteiger partial charge in [-0.15, -0.1) is 0 Å². The van der Waals surface area contributed by atoms with Crippen molar-refractivity contribution in [1.29, 1.82) is 0 Å². The predicted octanol–water partition coefficient (Wildman–Crippen LogP) is 5.11. The summed E-state index contributed by atoms with van der Waals surface area (Å²) in [7, 11) is 3.66. The third-order valence-electron chi connectivity index (χ3n) is 2.19. The summed E-state index contributed by atoms with van der Waals surface area (Å²) in [4.78, 5) is 1.71. The average Bonchev–Trinajstić information content (AvgIpc) is 2.67. The summed E-state index contributed by atoms with van der Waals surface area (Å²) in [5, 5.41) is 0. The van der Waals surface area contributed by atoms with E-state index in [0.29, 0.717) is 4.32 Å². The summed E-state index contributed by atoms with van der Waals surface area (Å²) in [6, 6.07) is 37.5. The fourth-order valence-electron chi connectivity index (χ4n) is 1.03. The van der Waals surface area contributed by atoms with Crippen molar-refractivity contribution in [2.45, 2.75) is 0 Å². The van der Waals surface area contributed by atoms with Crippen LogP contribution in [0.25, 0.3) is 0 Å². The summed E-state index contributed by atoms with van der Waals surface area (Å²) in [5.74, 6) is 0. The quantitative estimate of drug-likeness (QED) is 0.332. The van der Waals surface area contributed by atoms with Gasteiger partial charge in [-0.1, -0.05) is 91.0 Å². The zero-order chi connectivity index (χ0) is 17.9. The first-order valence-electron chi connectivity index (χ1n) is 7.26. The second kappa shape index (κ2) is 20.6. The summed E-state index contributed by atoms with van der Waals surface area (Å²) in [6.07, 6.45) is 0. The smallest absolute Gasteiger partial charge is 0.166 e. The zero-order valence-electron chi connectivity index (χ0n) is 14.4. The molecule has 3 aromatic rings. The Kier molecular flexibility index (Phi) is 21.3. The normalized spacial score (nSPS) is 7.60. The first kappa shape index (κ1) is 25.8. The van der Waals surface area contributed by atoms with E-state index in [4.69, 9.17) is 0 Å². The summed E-state index contributed by atoms with van der Waals surface area (Å²) < 4.78 is 0.509. The van der Waals surface area contributed by atoms with Crippen LogP contribution in [0.15, 0.2) is 91.0 Å². The molecule has 0 saturated carbocycles. The van der Waals surface area contributed by atoms with E-state index in [2.05, 4.69) is 43.0 Å². The SMILES string of the molecule is CN(C)C([S])=S.[Sn].[c]1ccccc1.[c]1ccccc1.[c]1ccccc1. The summed E-state index contributed by atoms with van der Waals surface area (Å²) in [6.45, 7) is 0. The number of thiocarbonyl (C=S) groups is 1. The number of hydrogen-bond donors (Lipinski definition) is 0. The molecule has 3 aromatic carbocycles. The van der Waals surface area contributed by atoms with Crippen LogP contribution in [0.5, 0.6) is 0 Å². The largest absolute Gasteiger partial charge is 0.360 e. The van der Waals surface area contributed by atoms with Crippen LogP contribution in [0, 0.1) is 18.2 Å². The van der Waals surface area contributed by atoms with Crippen molar-refractivity contribution >= 4 is 53.1 Å². The van der Waals surface area contributed by atoms with Crippen molar-refractivity contribution in [3.8, 4) is 0 Å². The molecule has 25 heavy (non-hydrogen) atoms. The first-order valence-corrected chi connectivity index (χ1v) is 8.07. The Morgan fingerprint density at radius 1 is 0.600 bits per heavy atom. The fraction of sp³-hybridized carbons (Fsp3) is 0.0952. The molecule has 0 spiro atoms. The third-order valence-corrected chi connectivity index (χ3v) is 2.92. The molecule has 3 rings (SSSR count). The van der Waals surface area contributed by atoms with Gasteiger partial charge >= 0.3 is 0 Å². The minimum Gasteiger partial charge on any atom is -0.360 e. The Hall–Kier alpha value is -1.43. The van der Waals surface area contributed by atoms with E-state index in [1.54, 1.807) is 4.90 Å². The minimum absolute atomic E-state index is 0. The zero-order valence-corrected chi connectivity index (χ0v) is 18.9. The maximum absolute atomic E-state index is 4.56. The van der Waals surface area contributed by atoms with E-state index >= 15 is 0 Å². The molecular weight excluding hydrogens is 449 g/mol. The number of rotatable bonds is 0. The van der Waals surface area contributed by atoms with E-state index in [1.807, 2.05) is 105 Å². The van der Waals surface area contributed by atoms with E-state index in [1.165, 1.54) is 0 Å². The van der Waals surface area contributed by atoms with Gasteiger partial charge in [-0.2, -0.15) is 0 Å². The van der Waals surface area contributed by atoms with E-state index < -0.39 is 0 Å². The van der Waals surface area contributed by atoms with Crippen molar-refractivity contribution in [3.63, 3.8) is 0 Å². The predicted molar refractivity (Wildman–Crippen MR) is 115 cm³/mol. The van der Waals surface area contributed by atoms with Gasteiger partial charge in [0.1, 0.15) is 0 Å². The van der Waals surface area contributed by atoms with Gasteiger partial charge in [0.2, 0.25) is 0 Å². The topological polar surface area (TPSA) is 3.24 Å². The molecule has 4 heteroatoms. The fourth-order valence-corrected chi connectivity index (χ4v) is 1.03. The molecule has 0 aromatic heterocycles. The third kappa shape index (κ3) is 22.6. The van der Waals surface area contributed by atoms with Crippen LogP contribution in [-0.4, -0.2) is 47.2 Å². The molecule has 0 fully saturated rings. The second-order valence-corrected chi connectivity index (χ2v) is 5.42. The second-order valence-electron chi connectivity index (χ2n) is 4.39. The van der Waals surface area contributed by atoms with Gasteiger partial charge < -0.3 is 4.90 Å². The van der Waals surface area contributed by atoms with Crippen LogP contribution in [0.1, 0.15) is 0 Å². The van der Waals surface area contributed by atoms with Gasteiger partial charge in [0, 0.05) is 38.0 Å². The standard InChI is InChI=1S/3C6H5.C3H6NS2.Sn/c3*1-2-4-6-5-3-1;1-4(2)3(5)6;/h3*1-5H;1-2H3;. The summed E-state index contributed by atoms with van der Waals surface area (Å²) in [5.41, 5.74) is 0. The van der Waals surface area contributed by atoms with E-state index in [9.17, 15) is 0 Å². The van der Waals surface area contributed by atoms with Crippen LogP contribution in [0.2, 0.25) is 0 Å². The molecule has 0 N–H and O–H groups in total. The molecule has 0 unspecified atom stereocenters. The maximum Gasteiger partial charge on any atom is 0.166 e. The first-order chi connectivity index (χ1) is 11.6. The molecule has 0 aliphatic heterocycles. The van der Waals surface area contributed by atoms with E-state index in [0.717, 1.165) is 0 Å². The van der Waals surface area contributed by atoms with E-state index in [-0.39, 0.29) is 23.9 Å². The van der Waals surface area contributed by atoms with Crippen LogP contribution in [0.3, 0.4) is 0 Å². The Bertz CT molecular complexity index is 435. The van der Waals surface area contributed by atoms with Crippen LogP contribution >= 0.6 is 24.8 Å². The van der Waals surface area contributed by atoms with Gasteiger partial charge in [-0.3, -0.25) is 0 Å². The molecule has 1 nitrogen and oxygen atoms in total. The molecule has 0 amide bonds. The number of hydrogen-bond acceptors (Lipinski definition) is 1. The molecule has 0 bridgehead atoms. The molecule has 0 atom stereocenters. The van der Waals surface area contributed by atoms with Crippen LogP contribution < -0.4 is 0 Å². The Balaban J connectivity index is 0. The van der Waals surface area contributed by atoms with Gasteiger partial charge in [0.15, 0.2) is 4.32 Å². The number of benzene rings is 3. The Morgan fingerprint density at radius 2 is 0.800 bits per heavy atom. The Morgan fingerprint density at radius 3 is 0.840 bits per heavy atom. The van der Waals surface area contributed by atoms with Crippen molar-refractivity contribution in [2.75, 3.05) is 14.1 Å². The van der Waals surface area contributed by atoms with Gasteiger partial charge in [-0.05, 0) is 43.0 Å². The maximum atomic E-state index is 4.56.